The summed E-state index contributed by atoms with van der Waals surface area (Å²) < 4.78 is 11.2. The first-order valence-electron chi connectivity index (χ1n) is 11.9. The molecule has 1 aliphatic rings. The molecule has 36 heavy (non-hydrogen) atoms. The van der Waals surface area contributed by atoms with Crippen LogP contribution in [-0.2, 0) is 4.79 Å². The highest BCUT2D eigenvalue weighted by molar-refractivity contribution is 8.00. The molecule has 1 heterocycles. The van der Waals surface area contributed by atoms with Gasteiger partial charge in [-0.05, 0) is 59.7 Å². The van der Waals surface area contributed by atoms with Gasteiger partial charge in [0, 0.05) is 27.9 Å². The van der Waals surface area contributed by atoms with E-state index in [0.29, 0.717) is 48.1 Å². The molecule has 4 aromatic carbocycles. The van der Waals surface area contributed by atoms with Crippen molar-refractivity contribution in [3.05, 3.63) is 90.5 Å². The third-order valence-corrected chi connectivity index (χ3v) is 7.21. The highest BCUT2D eigenvalue weighted by atomic mass is 32.2. The minimum absolute atomic E-state index is 0.0928. The van der Waals surface area contributed by atoms with Crippen molar-refractivity contribution in [2.45, 2.75) is 23.5 Å². The molecule has 1 atom stereocenters. The van der Waals surface area contributed by atoms with E-state index in [1.54, 1.807) is 12.1 Å². The fourth-order valence-corrected chi connectivity index (χ4v) is 5.02. The van der Waals surface area contributed by atoms with E-state index in [4.69, 9.17) is 9.47 Å². The summed E-state index contributed by atoms with van der Waals surface area (Å²) in [6.45, 7) is 2.99. The second-order valence-electron chi connectivity index (χ2n) is 8.41. The average Bonchev–Trinajstić information content (AvgIpc) is 2.91. The van der Waals surface area contributed by atoms with Gasteiger partial charge in [0.15, 0.2) is 11.5 Å². The number of rotatable bonds is 7. The third kappa shape index (κ3) is 5.47. The van der Waals surface area contributed by atoms with Crippen molar-refractivity contribution in [1.29, 1.82) is 0 Å². The van der Waals surface area contributed by atoms with E-state index in [0.717, 1.165) is 15.7 Å². The van der Waals surface area contributed by atoms with E-state index >= 15 is 0 Å². The Kier molecular flexibility index (Phi) is 7.09. The molecule has 0 aromatic heterocycles. The first-order chi connectivity index (χ1) is 17.6. The van der Waals surface area contributed by atoms with Gasteiger partial charge in [0.2, 0.25) is 5.91 Å². The number of fused-ring (bicyclic) bond motifs is 2. The number of hydrogen-bond donors (Lipinski definition) is 2. The van der Waals surface area contributed by atoms with E-state index in [1.807, 2.05) is 79.7 Å². The molecule has 4 aromatic rings. The number of benzene rings is 4. The second-order valence-corrected chi connectivity index (χ2v) is 9.68. The van der Waals surface area contributed by atoms with Gasteiger partial charge >= 0.3 is 0 Å². The number of carbonyl (C=O) groups is 2. The molecular weight excluding hydrogens is 472 g/mol. The molecule has 0 saturated carbocycles. The Morgan fingerprint density at radius 1 is 0.806 bits per heavy atom. The van der Waals surface area contributed by atoms with Crippen LogP contribution in [0.4, 0.5) is 11.4 Å². The standard InChI is InChI=1S/C29H26N2O4S/c1-2-27(29(33)31-23-12-13-25-26(18-23)35-15-14-34-25)36-24-9-5-8-22(17-24)30-28(32)21-11-10-19-6-3-4-7-20(19)16-21/h3-13,16-18,27H,2,14-15H2,1H3,(H,30,32)(H,31,33). The molecule has 1 unspecified atom stereocenters. The Morgan fingerprint density at radius 3 is 2.42 bits per heavy atom. The van der Waals surface area contributed by atoms with Crippen LogP contribution in [0.2, 0.25) is 0 Å². The summed E-state index contributed by atoms with van der Waals surface area (Å²) in [5.41, 5.74) is 1.94. The summed E-state index contributed by atoms with van der Waals surface area (Å²) in [4.78, 5) is 26.8. The van der Waals surface area contributed by atoms with Gasteiger partial charge in [-0.3, -0.25) is 9.59 Å². The van der Waals surface area contributed by atoms with Gasteiger partial charge < -0.3 is 20.1 Å². The molecule has 0 bridgehead atoms. The number of thioether (sulfide) groups is 1. The van der Waals surface area contributed by atoms with E-state index in [9.17, 15) is 9.59 Å². The Bertz CT molecular complexity index is 1420. The zero-order valence-corrected chi connectivity index (χ0v) is 20.6. The third-order valence-electron chi connectivity index (χ3n) is 5.85. The van der Waals surface area contributed by atoms with Crippen LogP contribution in [0.15, 0.2) is 89.8 Å². The fraction of sp³-hybridized carbons (Fsp3) is 0.172. The molecule has 0 radical (unpaired) electrons. The van der Waals surface area contributed by atoms with E-state index in [-0.39, 0.29) is 17.1 Å². The number of hydrogen-bond acceptors (Lipinski definition) is 5. The molecule has 0 aliphatic carbocycles. The van der Waals surface area contributed by atoms with Gasteiger partial charge in [0.05, 0.1) is 5.25 Å². The predicted molar refractivity (Wildman–Crippen MR) is 144 cm³/mol. The highest BCUT2D eigenvalue weighted by Gasteiger charge is 2.20. The van der Waals surface area contributed by atoms with Gasteiger partial charge in [0.1, 0.15) is 13.2 Å². The number of nitrogens with one attached hydrogen (secondary N) is 2. The Morgan fingerprint density at radius 2 is 1.58 bits per heavy atom. The molecule has 182 valence electrons. The molecule has 2 amide bonds. The Balaban J connectivity index is 1.24. The normalized spacial score (nSPS) is 13.1. The molecular formula is C29H26N2O4S. The van der Waals surface area contributed by atoms with Crippen LogP contribution in [0, 0.1) is 0 Å². The number of anilines is 2. The van der Waals surface area contributed by atoms with Crippen LogP contribution >= 0.6 is 11.8 Å². The van der Waals surface area contributed by atoms with Gasteiger partial charge in [0.25, 0.3) is 5.91 Å². The maximum Gasteiger partial charge on any atom is 0.255 e. The predicted octanol–water partition coefficient (Wildman–Crippen LogP) is 6.37. The highest BCUT2D eigenvalue weighted by Crippen LogP contribution is 2.34. The summed E-state index contributed by atoms with van der Waals surface area (Å²) >= 11 is 1.46. The lowest BCUT2D eigenvalue weighted by Crippen LogP contribution is -2.24. The van der Waals surface area contributed by atoms with Crippen LogP contribution < -0.4 is 20.1 Å². The zero-order valence-electron chi connectivity index (χ0n) is 19.8. The summed E-state index contributed by atoms with van der Waals surface area (Å²) in [5, 5.41) is 7.76. The van der Waals surface area contributed by atoms with Crippen molar-refractivity contribution in [1.82, 2.24) is 0 Å². The Hall–Kier alpha value is -3.97. The van der Waals surface area contributed by atoms with Crippen LogP contribution in [0.1, 0.15) is 23.7 Å². The summed E-state index contributed by atoms with van der Waals surface area (Å²) in [7, 11) is 0. The van der Waals surface area contributed by atoms with Crippen molar-refractivity contribution < 1.29 is 19.1 Å². The van der Waals surface area contributed by atoms with Gasteiger partial charge in [-0.25, -0.2) is 0 Å². The maximum absolute atomic E-state index is 13.0. The zero-order chi connectivity index (χ0) is 24.9. The minimum Gasteiger partial charge on any atom is -0.486 e. The van der Waals surface area contributed by atoms with Gasteiger partial charge in [-0.1, -0.05) is 43.3 Å². The topological polar surface area (TPSA) is 76.7 Å². The quantitative estimate of drug-likeness (QED) is 0.290. The number of amides is 2. The molecule has 6 nitrogen and oxygen atoms in total. The second kappa shape index (κ2) is 10.7. The van der Waals surface area contributed by atoms with Crippen molar-refractivity contribution in [2.24, 2.45) is 0 Å². The molecule has 7 heteroatoms. The maximum atomic E-state index is 13.0. The summed E-state index contributed by atoms with van der Waals surface area (Å²) in [6.07, 6.45) is 0.648. The Labute approximate surface area is 214 Å². The number of carbonyl (C=O) groups excluding carboxylic acids is 2. The molecule has 0 spiro atoms. The SMILES string of the molecule is CCC(Sc1cccc(NC(=O)c2ccc3ccccc3c2)c1)C(=O)Nc1ccc2c(c1)OCCO2. The molecule has 0 saturated heterocycles. The fourth-order valence-electron chi connectivity index (χ4n) is 4.01. The lowest BCUT2D eigenvalue weighted by atomic mass is 10.1. The van der Waals surface area contributed by atoms with E-state index in [2.05, 4.69) is 10.6 Å². The van der Waals surface area contributed by atoms with Crippen LogP contribution in [0.25, 0.3) is 10.8 Å². The van der Waals surface area contributed by atoms with Crippen LogP contribution in [-0.4, -0.2) is 30.3 Å². The molecule has 0 fully saturated rings. The average molecular weight is 499 g/mol. The van der Waals surface area contributed by atoms with Crippen molar-refractivity contribution >= 4 is 45.7 Å². The van der Waals surface area contributed by atoms with Gasteiger partial charge in [-0.2, -0.15) is 0 Å². The van der Waals surface area contributed by atoms with Crippen molar-refractivity contribution in [3.8, 4) is 11.5 Å². The first-order valence-corrected chi connectivity index (χ1v) is 12.7. The van der Waals surface area contributed by atoms with Gasteiger partial charge in [-0.15, -0.1) is 11.8 Å². The lowest BCUT2D eigenvalue weighted by molar-refractivity contribution is -0.115. The monoisotopic (exact) mass is 498 g/mol. The summed E-state index contributed by atoms with van der Waals surface area (Å²) in [5.74, 6) is 1.05. The van der Waals surface area contributed by atoms with E-state index in [1.165, 1.54) is 11.8 Å². The smallest absolute Gasteiger partial charge is 0.255 e. The molecule has 5 rings (SSSR count). The minimum atomic E-state index is -0.301. The van der Waals surface area contributed by atoms with Crippen LogP contribution in [0.5, 0.6) is 11.5 Å². The largest absolute Gasteiger partial charge is 0.486 e. The lowest BCUT2D eigenvalue weighted by Gasteiger charge is -2.20. The summed E-state index contributed by atoms with van der Waals surface area (Å²) in [6, 6.07) is 26.6. The first kappa shape index (κ1) is 23.8. The van der Waals surface area contributed by atoms with Crippen molar-refractivity contribution in [2.75, 3.05) is 23.8 Å². The van der Waals surface area contributed by atoms with E-state index < -0.39 is 0 Å². The van der Waals surface area contributed by atoms with Crippen molar-refractivity contribution in [3.63, 3.8) is 0 Å². The molecule has 2 N–H and O–H groups in total. The molecule has 1 aliphatic heterocycles. The number of ether oxygens (including phenoxy) is 2. The van der Waals surface area contributed by atoms with Crippen LogP contribution in [0.3, 0.4) is 0 Å².